The van der Waals surface area contributed by atoms with E-state index in [-0.39, 0.29) is 5.91 Å². The molecule has 0 aromatic rings. The van der Waals surface area contributed by atoms with Crippen LogP contribution in [0.3, 0.4) is 0 Å². The minimum atomic E-state index is -1.11. The third-order valence-corrected chi connectivity index (χ3v) is 2.64. The zero-order valence-electron chi connectivity index (χ0n) is 9.68. The van der Waals surface area contributed by atoms with Crippen LogP contribution in [-0.2, 0) is 14.4 Å². The van der Waals surface area contributed by atoms with Crippen molar-refractivity contribution in [1.82, 2.24) is 10.2 Å². The number of nitrogens with zero attached hydrogens (tertiary/aromatic N) is 1. The Morgan fingerprint density at radius 2 is 2.18 bits per heavy atom. The van der Waals surface area contributed by atoms with Crippen LogP contribution in [0.15, 0.2) is 0 Å². The number of nitrogens with two attached hydrogens (primary N) is 1. The van der Waals surface area contributed by atoms with Crippen molar-refractivity contribution in [3.8, 4) is 0 Å². The molecule has 0 aromatic carbocycles. The Labute approximate surface area is 98.9 Å². The lowest BCUT2D eigenvalue weighted by Gasteiger charge is -2.25. The number of carboxylic acids is 1. The summed E-state index contributed by atoms with van der Waals surface area (Å²) in [6.07, 6.45) is 1.27. The topological polar surface area (TPSA) is 113 Å². The van der Waals surface area contributed by atoms with Crippen molar-refractivity contribution in [2.45, 2.75) is 31.8 Å². The van der Waals surface area contributed by atoms with E-state index in [2.05, 4.69) is 5.32 Å². The fourth-order valence-corrected chi connectivity index (χ4v) is 1.85. The largest absolute Gasteiger partial charge is 0.480 e. The van der Waals surface area contributed by atoms with Gasteiger partial charge >= 0.3 is 5.97 Å². The van der Waals surface area contributed by atoms with Crippen molar-refractivity contribution in [2.75, 3.05) is 13.1 Å². The molecule has 96 valence electrons. The number of likely N-dealkylation sites (tertiary alicyclic amines) is 1. The first-order chi connectivity index (χ1) is 7.93. The van der Waals surface area contributed by atoms with Gasteiger partial charge in [0, 0.05) is 6.54 Å². The summed E-state index contributed by atoms with van der Waals surface area (Å²) in [5, 5.41) is 10.7. The van der Waals surface area contributed by atoms with Crippen LogP contribution < -0.4 is 11.1 Å². The zero-order chi connectivity index (χ0) is 13.0. The van der Waals surface area contributed by atoms with Gasteiger partial charge in [-0.15, -0.1) is 0 Å². The Morgan fingerprint density at radius 1 is 1.53 bits per heavy atom. The van der Waals surface area contributed by atoms with E-state index in [0.29, 0.717) is 13.0 Å². The SMILES string of the molecule is C[C@H](N)C(=O)N1CCC[C@@H]1C(=O)NCC(=O)O. The molecule has 1 saturated heterocycles. The molecular weight excluding hydrogens is 226 g/mol. The van der Waals surface area contributed by atoms with E-state index in [4.69, 9.17) is 10.8 Å². The van der Waals surface area contributed by atoms with Gasteiger partial charge in [-0.2, -0.15) is 0 Å². The highest BCUT2D eigenvalue weighted by Crippen LogP contribution is 2.18. The number of carboxylic acid groups (broad SMARTS) is 1. The summed E-state index contributed by atoms with van der Waals surface area (Å²) in [7, 11) is 0. The number of nitrogens with one attached hydrogen (secondary N) is 1. The highest BCUT2D eigenvalue weighted by atomic mass is 16.4. The molecule has 7 nitrogen and oxygen atoms in total. The number of carbonyl (C=O) groups is 3. The summed E-state index contributed by atoms with van der Waals surface area (Å²) in [6, 6.07) is -1.24. The summed E-state index contributed by atoms with van der Waals surface area (Å²) < 4.78 is 0. The molecule has 0 aliphatic carbocycles. The maximum atomic E-state index is 11.7. The summed E-state index contributed by atoms with van der Waals surface area (Å²) in [6.45, 7) is 1.62. The molecular formula is C10H17N3O4. The van der Waals surface area contributed by atoms with Crippen LogP contribution >= 0.6 is 0 Å². The van der Waals surface area contributed by atoms with Crippen LogP contribution in [0, 0.1) is 0 Å². The molecule has 0 spiro atoms. The van der Waals surface area contributed by atoms with E-state index in [1.165, 1.54) is 4.90 Å². The monoisotopic (exact) mass is 243 g/mol. The van der Waals surface area contributed by atoms with Gasteiger partial charge in [0.2, 0.25) is 11.8 Å². The quantitative estimate of drug-likeness (QED) is 0.557. The number of carbonyl (C=O) groups excluding carboxylic acids is 2. The van der Waals surface area contributed by atoms with Gasteiger partial charge in [-0.3, -0.25) is 14.4 Å². The average Bonchev–Trinajstić information content (AvgIpc) is 2.73. The lowest BCUT2D eigenvalue weighted by molar-refractivity contribution is -0.141. The smallest absolute Gasteiger partial charge is 0.322 e. The summed E-state index contributed by atoms with van der Waals surface area (Å²) in [5.41, 5.74) is 5.48. The third kappa shape index (κ3) is 3.42. The zero-order valence-corrected chi connectivity index (χ0v) is 9.68. The first kappa shape index (κ1) is 13.4. The molecule has 2 amide bonds. The fourth-order valence-electron chi connectivity index (χ4n) is 1.85. The molecule has 1 aliphatic heterocycles. The van der Waals surface area contributed by atoms with Crippen LogP contribution in [0.2, 0.25) is 0 Å². The molecule has 0 unspecified atom stereocenters. The minimum Gasteiger partial charge on any atom is -0.480 e. The minimum absolute atomic E-state index is 0.280. The van der Waals surface area contributed by atoms with Gasteiger partial charge < -0.3 is 21.1 Å². The fraction of sp³-hybridized carbons (Fsp3) is 0.700. The maximum Gasteiger partial charge on any atom is 0.322 e. The molecule has 0 aromatic heterocycles. The Bertz CT molecular complexity index is 330. The lowest BCUT2D eigenvalue weighted by atomic mass is 10.2. The number of hydrogen-bond donors (Lipinski definition) is 3. The van der Waals surface area contributed by atoms with Crippen LogP contribution in [0.4, 0.5) is 0 Å². The van der Waals surface area contributed by atoms with Crippen molar-refractivity contribution < 1.29 is 19.5 Å². The molecule has 1 heterocycles. The van der Waals surface area contributed by atoms with Gasteiger partial charge in [0.1, 0.15) is 12.6 Å². The maximum absolute atomic E-state index is 11.7. The van der Waals surface area contributed by atoms with Gasteiger partial charge in [0.05, 0.1) is 6.04 Å². The summed E-state index contributed by atoms with van der Waals surface area (Å²) in [5.74, 6) is -1.82. The van der Waals surface area contributed by atoms with Crippen LogP contribution in [0.5, 0.6) is 0 Å². The molecule has 1 aliphatic rings. The second-order valence-corrected chi connectivity index (χ2v) is 4.09. The highest BCUT2D eigenvalue weighted by Gasteiger charge is 2.34. The third-order valence-electron chi connectivity index (χ3n) is 2.64. The molecule has 0 radical (unpaired) electrons. The van der Waals surface area contributed by atoms with Crippen LogP contribution in [-0.4, -0.2) is 53.0 Å². The van der Waals surface area contributed by atoms with E-state index in [9.17, 15) is 14.4 Å². The van der Waals surface area contributed by atoms with E-state index >= 15 is 0 Å². The Hall–Kier alpha value is -1.63. The summed E-state index contributed by atoms with van der Waals surface area (Å²) in [4.78, 5) is 35.1. The molecule has 4 N–H and O–H groups in total. The average molecular weight is 243 g/mol. The highest BCUT2D eigenvalue weighted by molar-refractivity contribution is 5.91. The van der Waals surface area contributed by atoms with Gasteiger partial charge in [0.15, 0.2) is 0 Å². The van der Waals surface area contributed by atoms with Crippen molar-refractivity contribution in [3.05, 3.63) is 0 Å². The normalized spacial score (nSPS) is 21.1. The number of amides is 2. The van der Waals surface area contributed by atoms with Crippen molar-refractivity contribution >= 4 is 17.8 Å². The predicted octanol–water partition coefficient (Wildman–Crippen LogP) is -1.47. The van der Waals surface area contributed by atoms with Crippen molar-refractivity contribution in [2.24, 2.45) is 5.73 Å². The second-order valence-electron chi connectivity index (χ2n) is 4.09. The van der Waals surface area contributed by atoms with Crippen LogP contribution in [0.1, 0.15) is 19.8 Å². The van der Waals surface area contributed by atoms with Gasteiger partial charge in [-0.25, -0.2) is 0 Å². The Morgan fingerprint density at radius 3 is 2.71 bits per heavy atom. The molecule has 7 heteroatoms. The number of aliphatic carboxylic acids is 1. The van der Waals surface area contributed by atoms with Crippen molar-refractivity contribution in [3.63, 3.8) is 0 Å². The van der Waals surface area contributed by atoms with Crippen molar-refractivity contribution in [1.29, 1.82) is 0 Å². The molecule has 0 bridgehead atoms. The van der Waals surface area contributed by atoms with E-state index in [0.717, 1.165) is 6.42 Å². The van der Waals surface area contributed by atoms with E-state index < -0.39 is 30.5 Å². The molecule has 1 fully saturated rings. The van der Waals surface area contributed by atoms with E-state index in [1.807, 2.05) is 0 Å². The standard InChI is InChI=1S/C10H17N3O4/c1-6(11)10(17)13-4-2-3-7(13)9(16)12-5-8(14)15/h6-7H,2-5,11H2,1H3,(H,12,16)(H,14,15)/t6-,7+/m0/s1. The number of rotatable bonds is 4. The second kappa shape index (κ2) is 5.62. The number of hydrogen-bond acceptors (Lipinski definition) is 4. The first-order valence-corrected chi connectivity index (χ1v) is 5.49. The van der Waals surface area contributed by atoms with Gasteiger partial charge in [-0.1, -0.05) is 0 Å². The molecule has 2 atom stereocenters. The molecule has 0 saturated carbocycles. The van der Waals surface area contributed by atoms with Gasteiger partial charge in [0.25, 0.3) is 0 Å². The molecule has 17 heavy (non-hydrogen) atoms. The Balaban J connectivity index is 2.59. The Kier molecular flexibility index (Phi) is 4.45. The van der Waals surface area contributed by atoms with Gasteiger partial charge in [-0.05, 0) is 19.8 Å². The van der Waals surface area contributed by atoms with E-state index in [1.54, 1.807) is 6.92 Å². The van der Waals surface area contributed by atoms with Crippen LogP contribution in [0.25, 0.3) is 0 Å². The molecule has 1 rings (SSSR count). The lowest BCUT2D eigenvalue weighted by Crippen LogP contribution is -2.51. The summed E-state index contributed by atoms with van der Waals surface area (Å²) >= 11 is 0. The first-order valence-electron chi connectivity index (χ1n) is 5.49. The predicted molar refractivity (Wildman–Crippen MR) is 59.0 cm³/mol.